The summed E-state index contributed by atoms with van der Waals surface area (Å²) >= 11 is 0. The number of esters is 1. The average molecular weight is 423 g/mol. The number of sulfonamides is 1. The van der Waals surface area contributed by atoms with Crippen LogP contribution < -0.4 is 0 Å². The number of nitrogens with zero attached hydrogens (tertiary/aromatic N) is 2. The molecule has 0 radical (unpaired) electrons. The van der Waals surface area contributed by atoms with Crippen LogP contribution in [0.15, 0.2) is 29.2 Å². The van der Waals surface area contributed by atoms with E-state index in [-0.39, 0.29) is 35.1 Å². The molecule has 29 heavy (non-hydrogen) atoms. The minimum Gasteiger partial charge on any atom is -0.452 e. The van der Waals surface area contributed by atoms with Gasteiger partial charge in [-0.15, -0.1) is 0 Å². The summed E-state index contributed by atoms with van der Waals surface area (Å²) in [5, 5.41) is 0. The van der Waals surface area contributed by atoms with E-state index in [0.29, 0.717) is 13.1 Å². The third-order valence-corrected chi connectivity index (χ3v) is 7.73. The zero-order valence-electron chi connectivity index (χ0n) is 17.2. The Morgan fingerprint density at radius 3 is 2.34 bits per heavy atom. The minimum atomic E-state index is -3.63. The van der Waals surface area contributed by atoms with Gasteiger partial charge in [-0.2, -0.15) is 4.31 Å². The number of likely N-dealkylation sites (tertiary alicyclic amines) is 1. The molecule has 7 nitrogen and oxygen atoms in total. The molecule has 0 unspecified atom stereocenters. The molecule has 0 aromatic heterocycles. The third kappa shape index (κ3) is 4.98. The topological polar surface area (TPSA) is 84.0 Å². The van der Waals surface area contributed by atoms with E-state index in [4.69, 9.17) is 4.74 Å². The first-order chi connectivity index (χ1) is 13.8. The van der Waals surface area contributed by atoms with Gasteiger partial charge < -0.3 is 9.64 Å². The third-order valence-electron chi connectivity index (χ3n) is 5.83. The van der Waals surface area contributed by atoms with Crippen LogP contribution >= 0.6 is 0 Å². The van der Waals surface area contributed by atoms with Gasteiger partial charge in [-0.1, -0.05) is 12.5 Å². The van der Waals surface area contributed by atoms with E-state index in [0.717, 1.165) is 38.5 Å². The molecule has 2 saturated heterocycles. The lowest BCUT2D eigenvalue weighted by molar-refractivity contribution is -0.140. The maximum absolute atomic E-state index is 12.8. The van der Waals surface area contributed by atoms with Gasteiger partial charge in [0.05, 0.1) is 10.5 Å². The molecule has 1 aromatic rings. The van der Waals surface area contributed by atoms with Gasteiger partial charge in [-0.25, -0.2) is 13.2 Å². The second kappa shape index (κ2) is 9.26. The van der Waals surface area contributed by atoms with Crippen LogP contribution in [0.25, 0.3) is 0 Å². The fourth-order valence-electron chi connectivity index (χ4n) is 4.24. The summed E-state index contributed by atoms with van der Waals surface area (Å²) in [5.41, 5.74) is 0.135. The first-order valence-corrected chi connectivity index (χ1v) is 11.8. The summed E-state index contributed by atoms with van der Waals surface area (Å²) < 4.78 is 32.3. The summed E-state index contributed by atoms with van der Waals surface area (Å²) in [4.78, 5) is 26.9. The smallest absolute Gasteiger partial charge is 0.338 e. The minimum absolute atomic E-state index is 0.0819. The fraction of sp³-hybridized carbons (Fsp3) is 0.619. The lowest BCUT2D eigenvalue weighted by atomic mass is 9.97. The highest BCUT2D eigenvalue weighted by Crippen LogP contribution is 2.23. The average Bonchev–Trinajstić information content (AvgIpc) is 2.72. The second-order valence-corrected chi connectivity index (χ2v) is 9.94. The van der Waals surface area contributed by atoms with Crippen molar-refractivity contribution in [1.29, 1.82) is 0 Å². The largest absolute Gasteiger partial charge is 0.452 e. The maximum Gasteiger partial charge on any atom is 0.338 e. The summed E-state index contributed by atoms with van der Waals surface area (Å²) in [6, 6.07) is 6.12. The van der Waals surface area contributed by atoms with Crippen molar-refractivity contribution >= 4 is 21.9 Å². The van der Waals surface area contributed by atoms with E-state index in [1.54, 1.807) is 4.90 Å². The van der Waals surface area contributed by atoms with Gasteiger partial charge >= 0.3 is 5.97 Å². The molecule has 2 heterocycles. The molecule has 1 aromatic carbocycles. The Bertz CT molecular complexity index is 838. The van der Waals surface area contributed by atoms with Crippen LogP contribution in [0.4, 0.5) is 0 Å². The van der Waals surface area contributed by atoms with Crippen LogP contribution in [0, 0.1) is 0 Å². The number of piperidine rings is 2. The highest BCUT2D eigenvalue weighted by molar-refractivity contribution is 7.89. The maximum atomic E-state index is 12.8. The molecule has 160 valence electrons. The van der Waals surface area contributed by atoms with Gasteiger partial charge in [0.1, 0.15) is 0 Å². The molecule has 0 aliphatic carbocycles. The SMILES string of the molecule is C[C@@H]1CCC[C@H](C)N1C(=O)COC(=O)c1cccc(S(=O)(=O)N2CCCCC2)c1. The molecule has 0 saturated carbocycles. The summed E-state index contributed by atoms with van der Waals surface area (Å²) in [7, 11) is -3.63. The van der Waals surface area contributed by atoms with Crippen LogP contribution in [0.2, 0.25) is 0 Å². The fourth-order valence-corrected chi connectivity index (χ4v) is 5.80. The Morgan fingerprint density at radius 2 is 1.69 bits per heavy atom. The number of ether oxygens (including phenoxy) is 1. The number of benzene rings is 1. The van der Waals surface area contributed by atoms with Crippen molar-refractivity contribution in [2.45, 2.75) is 69.4 Å². The Morgan fingerprint density at radius 1 is 1.03 bits per heavy atom. The highest BCUT2D eigenvalue weighted by atomic mass is 32.2. The standard InChI is InChI=1S/C21H30N2O5S/c1-16-8-6-9-17(2)23(16)20(24)15-28-21(25)18-10-7-11-19(14-18)29(26,27)22-12-4-3-5-13-22/h7,10-11,14,16-17H,3-6,8-9,12-13,15H2,1-2H3/t16-,17+. The highest BCUT2D eigenvalue weighted by Gasteiger charge is 2.30. The molecule has 1 amide bonds. The van der Waals surface area contributed by atoms with E-state index in [1.807, 2.05) is 13.8 Å². The molecular weight excluding hydrogens is 392 g/mol. The van der Waals surface area contributed by atoms with Gasteiger partial charge in [0, 0.05) is 25.2 Å². The number of rotatable bonds is 5. The van der Waals surface area contributed by atoms with E-state index in [1.165, 1.54) is 28.6 Å². The van der Waals surface area contributed by atoms with E-state index in [2.05, 4.69) is 0 Å². The number of carbonyl (C=O) groups is 2. The molecule has 0 spiro atoms. The Balaban J connectivity index is 1.65. The molecule has 8 heteroatoms. The van der Waals surface area contributed by atoms with Crippen molar-refractivity contribution in [2.75, 3.05) is 19.7 Å². The van der Waals surface area contributed by atoms with E-state index < -0.39 is 16.0 Å². The second-order valence-electron chi connectivity index (χ2n) is 8.00. The van der Waals surface area contributed by atoms with Crippen LogP contribution in [-0.4, -0.2) is 61.3 Å². The van der Waals surface area contributed by atoms with Gasteiger partial charge in [0.2, 0.25) is 10.0 Å². The Labute approximate surface area is 173 Å². The Hall–Kier alpha value is -1.93. The predicted octanol–water partition coefficient (Wildman–Crippen LogP) is 2.81. The molecule has 0 N–H and O–H groups in total. The lowest BCUT2D eigenvalue weighted by Crippen LogP contribution is -2.49. The molecule has 2 aliphatic rings. The number of carbonyl (C=O) groups excluding carboxylic acids is 2. The summed E-state index contributed by atoms with van der Waals surface area (Å²) in [5.74, 6) is -0.901. The molecule has 2 aliphatic heterocycles. The van der Waals surface area contributed by atoms with Crippen LogP contribution in [0.3, 0.4) is 0 Å². The normalized spacial score (nSPS) is 23.6. The molecule has 2 fully saturated rings. The van der Waals surface area contributed by atoms with E-state index >= 15 is 0 Å². The van der Waals surface area contributed by atoms with Crippen molar-refractivity contribution < 1.29 is 22.7 Å². The number of hydrogen-bond acceptors (Lipinski definition) is 5. The van der Waals surface area contributed by atoms with Crippen molar-refractivity contribution in [3.8, 4) is 0 Å². The van der Waals surface area contributed by atoms with Gasteiger partial charge in [0.15, 0.2) is 6.61 Å². The van der Waals surface area contributed by atoms with Crippen LogP contribution in [-0.2, 0) is 19.6 Å². The van der Waals surface area contributed by atoms with E-state index in [9.17, 15) is 18.0 Å². The number of amides is 1. The monoisotopic (exact) mass is 422 g/mol. The van der Waals surface area contributed by atoms with Crippen LogP contribution in [0.5, 0.6) is 0 Å². The van der Waals surface area contributed by atoms with Crippen LogP contribution in [0.1, 0.15) is 62.7 Å². The molecular formula is C21H30N2O5S. The zero-order chi connectivity index (χ0) is 21.0. The van der Waals surface area contributed by atoms with Crippen molar-refractivity contribution in [2.24, 2.45) is 0 Å². The van der Waals surface area contributed by atoms with Gasteiger partial charge in [0.25, 0.3) is 5.91 Å². The van der Waals surface area contributed by atoms with Crippen molar-refractivity contribution in [3.05, 3.63) is 29.8 Å². The van der Waals surface area contributed by atoms with Crippen molar-refractivity contribution in [3.63, 3.8) is 0 Å². The van der Waals surface area contributed by atoms with Gasteiger partial charge in [-0.3, -0.25) is 4.79 Å². The summed E-state index contributed by atoms with van der Waals surface area (Å²) in [6.45, 7) is 4.67. The molecule has 3 rings (SSSR count). The first kappa shape index (κ1) is 21.8. The summed E-state index contributed by atoms with van der Waals surface area (Å²) in [6.07, 6.45) is 5.69. The quantitative estimate of drug-likeness (QED) is 0.682. The molecule has 0 bridgehead atoms. The zero-order valence-corrected chi connectivity index (χ0v) is 18.0. The lowest BCUT2D eigenvalue weighted by Gasteiger charge is -2.38. The molecule has 2 atom stereocenters. The Kier molecular flexibility index (Phi) is 6.95. The first-order valence-electron chi connectivity index (χ1n) is 10.4. The predicted molar refractivity (Wildman–Crippen MR) is 109 cm³/mol. The van der Waals surface area contributed by atoms with Gasteiger partial charge in [-0.05, 0) is 64.2 Å². The van der Waals surface area contributed by atoms with Crippen molar-refractivity contribution in [1.82, 2.24) is 9.21 Å². The number of hydrogen-bond donors (Lipinski definition) is 0.